The monoisotopic (exact) mass is 295 g/mol. The highest BCUT2D eigenvalue weighted by atomic mass is 35.5. The molecule has 0 bridgehead atoms. The summed E-state index contributed by atoms with van der Waals surface area (Å²) in [6.45, 7) is 6.93. The molecule has 3 rings (SSSR count). The van der Waals surface area contributed by atoms with Crippen LogP contribution in [0.4, 0.5) is 0 Å². The van der Waals surface area contributed by atoms with Crippen molar-refractivity contribution in [3.05, 3.63) is 22.2 Å². The molecule has 0 aliphatic carbocycles. The van der Waals surface area contributed by atoms with E-state index in [1.165, 1.54) is 24.0 Å². The second kappa shape index (κ2) is 5.82. The average molecular weight is 296 g/mol. The van der Waals surface area contributed by atoms with E-state index in [1.807, 2.05) is 6.07 Å². The maximum atomic E-state index is 6.53. The van der Waals surface area contributed by atoms with E-state index in [2.05, 4.69) is 19.2 Å². The zero-order valence-electron chi connectivity index (χ0n) is 12.2. The highest BCUT2D eigenvalue weighted by Gasteiger charge is 2.27. The summed E-state index contributed by atoms with van der Waals surface area (Å²) in [5.41, 5.74) is 2.50. The van der Waals surface area contributed by atoms with Crippen molar-refractivity contribution in [2.24, 2.45) is 5.92 Å². The summed E-state index contributed by atoms with van der Waals surface area (Å²) in [6, 6.07) is 1.92. The number of hydrogen-bond donors (Lipinski definition) is 1. The second-order valence-corrected chi connectivity index (χ2v) is 6.44. The molecular formula is C16H22ClNO2. The van der Waals surface area contributed by atoms with Gasteiger partial charge in [0.1, 0.15) is 0 Å². The van der Waals surface area contributed by atoms with Crippen LogP contribution in [0.25, 0.3) is 0 Å². The van der Waals surface area contributed by atoms with Crippen LogP contribution in [0, 0.1) is 5.92 Å². The van der Waals surface area contributed by atoms with Gasteiger partial charge in [-0.3, -0.25) is 0 Å². The summed E-state index contributed by atoms with van der Waals surface area (Å²) in [4.78, 5) is 0. The van der Waals surface area contributed by atoms with Crippen LogP contribution in [0.3, 0.4) is 0 Å². The molecular weight excluding hydrogens is 274 g/mol. The molecule has 0 amide bonds. The molecule has 3 nitrogen and oxygen atoms in total. The standard InChI is InChI=1S/C16H22ClNO2/c1-10(2)15-12(7-11-3-5-18-6-4-11)13(17)8-14-16(15)20-9-19-14/h8,10-11,18H,3-7,9H2,1-2H3. The van der Waals surface area contributed by atoms with Crippen LogP contribution in [-0.2, 0) is 6.42 Å². The Balaban J connectivity index is 1.96. The Labute approximate surface area is 125 Å². The molecule has 20 heavy (non-hydrogen) atoms. The van der Waals surface area contributed by atoms with E-state index in [4.69, 9.17) is 21.1 Å². The fraction of sp³-hybridized carbons (Fsp3) is 0.625. The van der Waals surface area contributed by atoms with Gasteiger partial charge in [0.25, 0.3) is 0 Å². The zero-order chi connectivity index (χ0) is 14.1. The normalized spacial score (nSPS) is 18.8. The van der Waals surface area contributed by atoms with E-state index in [0.717, 1.165) is 36.0 Å². The number of nitrogens with one attached hydrogen (secondary N) is 1. The van der Waals surface area contributed by atoms with E-state index < -0.39 is 0 Å². The van der Waals surface area contributed by atoms with Crippen LogP contribution < -0.4 is 14.8 Å². The van der Waals surface area contributed by atoms with Crippen molar-refractivity contribution in [1.29, 1.82) is 0 Å². The van der Waals surface area contributed by atoms with Gasteiger partial charge in [0.05, 0.1) is 0 Å². The topological polar surface area (TPSA) is 30.5 Å². The Morgan fingerprint density at radius 1 is 1.30 bits per heavy atom. The second-order valence-electron chi connectivity index (χ2n) is 6.04. The molecule has 110 valence electrons. The summed E-state index contributed by atoms with van der Waals surface area (Å²) in [5.74, 6) is 2.81. The lowest BCUT2D eigenvalue weighted by Gasteiger charge is -2.25. The van der Waals surface area contributed by atoms with Crippen LogP contribution in [0.15, 0.2) is 6.07 Å². The fourth-order valence-electron chi connectivity index (χ4n) is 3.27. The Hall–Kier alpha value is -0.930. The van der Waals surface area contributed by atoms with Crippen molar-refractivity contribution in [1.82, 2.24) is 5.32 Å². The molecule has 1 aromatic rings. The van der Waals surface area contributed by atoms with Crippen LogP contribution in [-0.4, -0.2) is 19.9 Å². The molecule has 0 unspecified atom stereocenters. The lowest BCUT2D eigenvalue weighted by atomic mass is 9.86. The highest BCUT2D eigenvalue weighted by Crippen LogP contribution is 2.45. The molecule has 1 fully saturated rings. The van der Waals surface area contributed by atoms with Gasteiger partial charge in [0.15, 0.2) is 11.5 Å². The number of ether oxygens (including phenoxy) is 2. The van der Waals surface area contributed by atoms with Crippen molar-refractivity contribution in [3.8, 4) is 11.5 Å². The zero-order valence-corrected chi connectivity index (χ0v) is 12.9. The van der Waals surface area contributed by atoms with Gasteiger partial charge in [0, 0.05) is 16.7 Å². The molecule has 1 saturated heterocycles. The first-order chi connectivity index (χ1) is 9.66. The Morgan fingerprint density at radius 2 is 2.05 bits per heavy atom. The molecule has 2 aliphatic heterocycles. The lowest BCUT2D eigenvalue weighted by Crippen LogP contribution is -2.29. The molecule has 0 radical (unpaired) electrons. The van der Waals surface area contributed by atoms with Gasteiger partial charge in [-0.15, -0.1) is 0 Å². The summed E-state index contributed by atoms with van der Waals surface area (Å²) in [7, 11) is 0. The minimum atomic E-state index is 0.308. The van der Waals surface area contributed by atoms with Crippen molar-refractivity contribution < 1.29 is 9.47 Å². The summed E-state index contributed by atoms with van der Waals surface area (Å²) in [6.07, 6.45) is 3.50. The first-order valence-corrected chi connectivity index (χ1v) is 7.86. The maximum Gasteiger partial charge on any atom is 0.231 e. The van der Waals surface area contributed by atoms with Gasteiger partial charge >= 0.3 is 0 Å². The molecule has 2 heterocycles. The average Bonchev–Trinajstić information content (AvgIpc) is 2.87. The molecule has 1 aromatic carbocycles. The molecule has 0 aromatic heterocycles. The van der Waals surface area contributed by atoms with Gasteiger partial charge in [-0.1, -0.05) is 25.4 Å². The third-order valence-electron chi connectivity index (χ3n) is 4.29. The lowest BCUT2D eigenvalue weighted by molar-refractivity contribution is 0.173. The van der Waals surface area contributed by atoms with E-state index in [1.54, 1.807) is 0 Å². The van der Waals surface area contributed by atoms with E-state index in [-0.39, 0.29) is 0 Å². The summed E-state index contributed by atoms with van der Waals surface area (Å²) < 4.78 is 11.2. The van der Waals surface area contributed by atoms with Gasteiger partial charge in [0.2, 0.25) is 6.79 Å². The van der Waals surface area contributed by atoms with Crippen molar-refractivity contribution in [2.45, 2.75) is 39.0 Å². The van der Waals surface area contributed by atoms with Crippen LogP contribution in [0.2, 0.25) is 5.02 Å². The van der Waals surface area contributed by atoms with Gasteiger partial charge < -0.3 is 14.8 Å². The Morgan fingerprint density at radius 3 is 2.75 bits per heavy atom. The molecule has 1 N–H and O–H groups in total. The molecule has 0 saturated carbocycles. The Kier molecular flexibility index (Phi) is 4.08. The predicted molar refractivity (Wildman–Crippen MR) is 81.0 cm³/mol. The molecule has 2 aliphatic rings. The van der Waals surface area contributed by atoms with Crippen LogP contribution >= 0.6 is 11.6 Å². The molecule has 4 heteroatoms. The van der Waals surface area contributed by atoms with Gasteiger partial charge in [-0.2, -0.15) is 0 Å². The van der Waals surface area contributed by atoms with Crippen molar-refractivity contribution in [2.75, 3.05) is 19.9 Å². The first kappa shape index (κ1) is 14.0. The number of halogens is 1. The number of rotatable bonds is 3. The number of benzene rings is 1. The van der Waals surface area contributed by atoms with Gasteiger partial charge in [-0.05, 0) is 49.8 Å². The predicted octanol–water partition coefficient (Wildman–Crippen LogP) is 3.73. The van der Waals surface area contributed by atoms with Gasteiger partial charge in [-0.25, -0.2) is 0 Å². The highest BCUT2D eigenvalue weighted by molar-refractivity contribution is 6.31. The minimum absolute atomic E-state index is 0.308. The largest absolute Gasteiger partial charge is 0.454 e. The van der Waals surface area contributed by atoms with E-state index in [9.17, 15) is 0 Å². The number of hydrogen-bond acceptors (Lipinski definition) is 3. The Bertz CT molecular complexity index is 496. The molecule has 0 spiro atoms. The van der Waals surface area contributed by atoms with Crippen LogP contribution in [0.5, 0.6) is 11.5 Å². The number of fused-ring (bicyclic) bond motifs is 1. The third-order valence-corrected chi connectivity index (χ3v) is 4.62. The first-order valence-electron chi connectivity index (χ1n) is 7.48. The summed E-state index contributed by atoms with van der Waals surface area (Å²) in [5, 5.41) is 4.25. The number of piperidine rings is 1. The van der Waals surface area contributed by atoms with E-state index >= 15 is 0 Å². The quantitative estimate of drug-likeness (QED) is 0.921. The smallest absolute Gasteiger partial charge is 0.231 e. The third kappa shape index (κ3) is 2.61. The maximum absolute atomic E-state index is 6.53. The fourth-order valence-corrected chi connectivity index (χ4v) is 3.54. The van der Waals surface area contributed by atoms with Crippen molar-refractivity contribution >= 4 is 11.6 Å². The van der Waals surface area contributed by atoms with E-state index in [0.29, 0.717) is 18.6 Å². The minimum Gasteiger partial charge on any atom is -0.454 e. The summed E-state index contributed by atoms with van der Waals surface area (Å²) >= 11 is 6.53. The molecule has 0 atom stereocenters. The van der Waals surface area contributed by atoms with Crippen LogP contribution in [0.1, 0.15) is 43.7 Å². The SMILES string of the molecule is CC(C)c1c(CC2CCNCC2)c(Cl)cc2c1OCO2. The van der Waals surface area contributed by atoms with Crippen molar-refractivity contribution in [3.63, 3.8) is 0 Å².